The van der Waals surface area contributed by atoms with E-state index in [1.54, 1.807) is 0 Å². The van der Waals surface area contributed by atoms with Crippen LogP contribution in [0.1, 0.15) is 59.8 Å². The van der Waals surface area contributed by atoms with Crippen molar-refractivity contribution in [1.29, 1.82) is 5.26 Å². The van der Waals surface area contributed by atoms with Gasteiger partial charge in [-0.2, -0.15) is 17.0 Å². The van der Waals surface area contributed by atoms with Crippen LogP contribution in [-0.2, 0) is 0 Å². The highest BCUT2D eigenvalue weighted by Crippen LogP contribution is 2.16. The highest BCUT2D eigenvalue weighted by atomic mass is 32.2. The molecule has 18 heavy (non-hydrogen) atoms. The number of nitriles is 1. The second-order valence-electron chi connectivity index (χ2n) is 5.62. The normalized spacial score (nSPS) is 14.4. The summed E-state index contributed by atoms with van der Waals surface area (Å²) in [6.07, 6.45) is 5.75. The van der Waals surface area contributed by atoms with E-state index in [4.69, 9.17) is 0 Å². The lowest BCUT2D eigenvalue weighted by molar-refractivity contribution is 0.406. The predicted molar refractivity (Wildman–Crippen MR) is 82.9 cm³/mol. The largest absolute Gasteiger partial charge is 0.300 e. The summed E-state index contributed by atoms with van der Waals surface area (Å²) in [5, 5.41) is 12.5. The maximum atomic E-state index is 9.20. The summed E-state index contributed by atoms with van der Waals surface area (Å²) < 4.78 is 0. The molecule has 0 spiro atoms. The first-order valence-electron chi connectivity index (χ1n) is 7.28. The Morgan fingerprint density at radius 1 is 1.28 bits per heavy atom. The van der Waals surface area contributed by atoms with Gasteiger partial charge in [0.05, 0.1) is 6.07 Å². The van der Waals surface area contributed by atoms with Crippen LogP contribution in [0, 0.1) is 17.2 Å². The molecule has 1 N–H and O–H groups in total. The Morgan fingerprint density at radius 2 is 2.00 bits per heavy atom. The predicted octanol–water partition coefficient (Wildman–Crippen LogP) is 4.22. The quantitative estimate of drug-likeness (QED) is 0.571. The van der Waals surface area contributed by atoms with E-state index in [1.165, 1.54) is 24.3 Å². The van der Waals surface area contributed by atoms with E-state index >= 15 is 0 Å². The fraction of sp³-hybridized carbons (Fsp3) is 0.933. The molecule has 2 nitrogen and oxygen atoms in total. The van der Waals surface area contributed by atoms with Crippen LogP contribution in [-0.4, -0.2) is 23.6 Å². The number of hydrogen-bond donors (Lipinski definition) is 1. The molecule has 0 heterocycles. The van der Waals surface area contributed by atoms with E-state index < -0.39 is 0 Å². The van der Waals surface area contributed by atoms with Crippen LogP contribution < -0.4 is 5.32 Å². The van der Waals surface area contributed by atoms with Crippen LogP contribution in [0.2, 0.25) is 0 Å². The molecule has 1 atom stereocenters. The topological polar surface area (TPSA) is 35.8 Å². The molecule has 0 rings (SSSR count). The molecule has 0 aromatic heterocycles. The van der Waals surface area contributed by atoms with Crippen molar-refractivity contribution in [2.45, 2.75) is 65.3 Å². The van der Waals surface area contributed by atoms with Crippen LogP contribution in [0.3, 0.4) is 0 Å². The third-order valence-electron chi connectivity index (χ3n) is 3.07. The molecule has 0 fully saturated rings. The van der Waals surface area contributed by atoms with Gasteiger partial charge in [0.2, 0.25) is 0 Å². The van der Waals surface area contributed by atoms with Crippen LogP contribution >= 0.6 is 11.8 Å². The fourth-order valence-corrected chi connectivity index (χ4v) is 2.94. The van der Waals surface area contributed by atoms with Gasteiger partial charge in [0.15, 0.2) is 0 Å². The van der Waals surface area contributed by atoms with Crippen LogP contribution in [0.5, 0.6) is 0 Å². The third-order valence-corrected chi connectivity index (χ3v) is 4.17. The first-order chi connectivity index (χ1) is 8.54. The van der Waals surface area contributed by atoms with Crippen molar-refractivity contribution in [3.63, 3.8) is 0 Å². The maximum Gasteiger partial charge on any atom is 0.103 e. The number of thioether (sulfide) groups is 1. The van der Waals surface area contributed by atoms with Crippen LogP contribution in [0.15, 0.2) is 0 Å². The minimum atomic E-state index is -0.321. The van der Waals surface area contributed by atoms with Crippen LogP contribution in [0.25, 0.3) is 0 Å². The first kappa shape index (κ1) is 17.8. The van der Waals surface area contributed by atoms with Gasteiger partial charge in [-0.25, -0.2) is 0 Å². The highest BCUT2D eigenvalue weighted by Gasteiger charge is 2.21. The van der Waals surface area contributed by atoms with Crippen molar-refractivity contribution in [3.8, 4) is 6.07 Å². The Morgan fingerprint density at radius 3 is 2.56 bits per heavy atom. The lowest BCUT2D eigenvalue weighted by Gasteiger charge is -2.22. The number of nitrogens with one attached hydrogen (secondary N) is 1. The first-order valence-corrected chi connectivity index (χ1v) is 8.43. The average Bonchev–Trinajstić information content (AvgIpc) is 2.35. The summed E-state index contributed by atoms with van der Waals surface area (Å²) in [6, 6.07) is 2.41. The van der Waals surface area contributed by atoms with Gasteiger partial charge in [0.1, 0.15) is 5.54 Å². The standard InChI is InChI=1S/C15H30N2S/c1-5-10-17-15(4,13-16)9-6-7-11-18-12-8-14(2)3/h14,17H,5-12H2,1-4H3. The lowest BCUT2D eigenvalue weighted by Crippen LogP contribution is -2.41. The van der Waals surface area contributed by atoms with Gasteiger partial charge >= 0.3 is 0 Å². The monoisotopic (exact) mass is 270 g/mol. The molecular formula is C15H30N2S. The number of hydrogen-bond acceptors (Lipinski definition) is 3. The molecule has 1 unspecified atom stereocenters. The van der Waals surface area contributed by atoms with Crippen molar-refractivity contribution in [2.75, 3.05) is 18.1 Å². The summed E-state index contributed by atoms with van der Waals surface area (Å²) in [4.78, 5) is 0. The van der Waals surface area contributed by atoms with Crippen molar-refractivity contribution < 1.29 is 0 Å². The van der Waals surface area contributed by atoms with Crippen molar-refractivity contribution >= 4 is 11.8 Å². The Hall–Kier alpha value is -0.200. The van der Waals surface area contributed by atoms with Gasteiger partial charge in [0, 0.05) is 0 Å². The zero-order valence-electron chi connectivity index (χ0n) is 12.6. The molecule has 0 aliphatic rings. The van der Waals surface area contributed by atoms with E-state index in [9.17, 15) is 5.26 Å². The van der Waals surface area contributed by atoms with Crippen molar-refractivity contribution in [1.82, 2.24) is 5.32 Å². The number of rotatable bonds is 11. The molecule has 0 amide bonds. The molecule has 0 aromatic carbocycles. The van der Waals surface area contributed by atoms with Crippen LogP contribution in [0.4, 0.5) is 0 Å². The van der Waals surface area contributed by atoms with Crippen molar-refractivity contribution in [2.24, 2.45) is 5.92 Å². The zero-order valence-corrected chi connectivity index (χ0v) is 13.4. The second kappa shape index (κ2) is 10.7. The highest BCUT2D eigenvalue weighted by molar-refractivity contribution is 7.99. The summed E-state index contributed by atoms with van der Waals surface area (Å²) in [5.41, 5.74) is -0.321. The lowest BCUT2D eigenvalue weighted by atomic mass is 9.96. The van der Waals surface area contributed by atoms with Gasteiger partial charge in [-0.1, -0.05) is 20.8 Å². The minimum Gasteiger partial charge on any atom is -0.300 e. The smallest absolute Gasteiger partial charge is 0.103 e. The fourth-order valence-electron chi connectivity index (χ4n) is 1.69. The van der Waals surface area contributed by atoms with Gasteiger partial charge in [0.25, 0.3) is 0 Å². The molecule has 106 valence electrons. The molecule has 0 aromatic rings. The van der Waals surface area contributed by atoms with Gasteiger partial charge in [-0.15, -0.1) is 0 Å². The molecule has 0 aliphatic carbocycles. The SMILES string of the molecule is CCCNC(C)(C#N)CCCCSCCC(C)C. The Bertz CT molecular complexity index is 235. The van der Waals surface area contributed by atoms with E-state index in [2.05, 4.69) is 43.9 Å². The summed E-state index contributed by atoms with van der Waals surface area (Å²) >= 11 is 2.05. The molecule has 3 heteroatoms. The summed E-state index contributed by atoms with van der Waals surface area (Å²) in [7, 11) is 0. The molecule has 0 saturated carbocycles. The third kappa shape index (κ3) is 9.79. The number of unbranched alkanes of at least 4 members (excludes halogenated alkanes) is 1. The van der Waals surface area contributed by atoms with E-state index in [0.29, 0.717) is 0 Å². The Balaban J connectivity index is 3.54. The van der Waals surface area contributed by atoms with Crippen molar-refractivity contribution in [3.05, 3.63) is 0 Å². The molecular weight excluding hydrogens is 240 g/mol. The van der Waals surface area contributed by atoms with Gasteiger partial charge < -0.3 is 0 Å². The molecule has 0 bridgehead atoms. The van der Waals surface area contributed by atoms with E-state index in [0.717, 1.165) is 31.7 Å². The molecule has 0 aliphatic heterocycles. The second-order valence-corrected chi connectivity index (χ2v) is 6.85. The van der Waals surface area contributed by atoms with Gasteiger partial charge in [-0.3, -0.25) is 5.32 Å². The minimum absolute atomic E-state index is 0.321. The Labute approximate surface area is 118 Å². The zero-order chi connectivity index (χ0) is 13.9. The Kier molecular flexibility index (Phi) is 10.6. The van der Waals surface area contributed by atoms with E-state index in [-0.39, 0.29) is 5.54 Å². The summed E-state index contributed by atoms with van der Waals surface area (Å²) in [6.45, 7) is 9.65. The average molecular weight is 270 g/mol. The molecule has 0 saturated heterocycles. The van der Waals surface area contributed by atoms with E-state index in [1.807, 2.05) is 6.92 Å². The van der Waals surface area contributed by atoms with Gasteiger partial charge in [-0.05, 0) is 63.0 Å². The number of nitrogens with zero attached hydrogens (tertiary/aromatic N) is 1. The maximum absolute atomic E-state index is 9.20. The summed E-state index contributed by atoms with van der Waals surface area (Å²) in [5.74, 6) is 3.33. The molecule has 0 radical (unpaired) electrons.